The molecule has 13 nitrogen and oxygen atoms in total. The van der Waals surface area contributed by atoms with E-state index in [1.165, 1.54) is 11.2 Å². The fourth-order valence-corrected chi connectivity index (χ4v) is 4.69. The molecule has 40 heavy (non-hydrogen) atoms. The molecule has 3 heterocycles. The number of aromatic nitrogens is 2. The number of H-pyrrole nitrogens is 1. The number of benzene rings is 1. The Balaban J connectivity index is 1.50. The summed E-state index contributed by atoms with van der Waals surface area (Å²) in [6, 6.07) is 4.44. The van der Waals surface area contributed by atoms with E-state index in [1.54, 1.807) is 42.4 Å². The van der Waals surface area contributed by atoms with Crippen molar-refractivity contribution in [3.8, 4) is 5.75 Å². The standard InChI is InChI=1S/C27H35N7O6/c1-33-12-13-40-22-7-3-2-6-19(22)25(37)32-20(26(38)29-9-5-11-34-10-4-8-24(34)36)15-23(35)31-21(27(33)39)14-18-16-28-17-30-18/h2-3,6-7,16-17,20-21H,4-5,8-15H2,1H3,(H,28,30)(H,29,38)(H,31,35)(H,32,37)/t20-,21-/m0/s1. The minimum absolute atomic E-state index is 0.104. The molecule has 4 N–H and O–H groups in total. The second-order valence-electron chi connectivity index (χ2n) is 9.86. The third kappa shape index (κ3) is 7.58. The minimum Gasteiger partial charge on any atom is -0.491 e. The molecule has 214 valence electrons. The highest BCUT2D eigenvalue weighted by atomic mass is 16.5. The molecular formula is C27H35N7O6. The van der Waals surface area contributed by atoms with Crippen LogP contribution in [0.2, 0.25) is 0 Å². The second kappa shape index (κ2) is 13.6. The van der Waals surface area contributed by atoms with E-state index in [0.29, 0.717) is 37.4 Å². The van der Waals surface area contributed by atoms with E-state index in [1.807, 2.05) is 0 Å². The van der Waals surface area contributed by atoms with Crippen molar-refractivity contribution in [3.63, 3.8) is 0 Å². The molecule has 0 unspecified atom stereocenters. The van der Waals surface area contributed by atoms with Crippen molar-refractivity contribution in [3.05, 3.63) is 48.0 Å². The van der Waals surface area contributed by atoms with Crippen LogP contribution in [0.3, 0.4) is 0 Å². The van der Waals surface area contributed by atoms with Crippen molar-refractivity contribution >= 4 is 29.5 Å². The Kier molecular flexibility index (Phi) is 9.71. The smallest absolute Gasteiger partial charge is 0.255 e. The first-order valence-corrected chi connectivity index (χ1v) is 13.4. The lowest BCUT2D eigenvalue weighted by molar-refractivity contribution is -0.136. The van der Waals surface area contributed by atoms with Gasteiger partial charge in [-0.05, 0) is 25.0 Å². The first-order chi connectivity index (χ1) is 19.3. The molecule has 2 aliphatic heterocycles. The summed E-state index contributed by atoms with van der Waals surface area (Å²) in [7, 11) is 1.61. The van der Waals surface area contributed by atoms with Crippen LogP contribution in [0.1, 0.15) is 41.7 Å². The number of rotatable bonds is 7. The Morgan fingerprint density at radius 2 is 1.98 bits per heavy atom. The van der Waals surface area contributed by atoms with E-state index >= 15 is 0 Å². The van der Waals surface area contributed by atoms with Crippen LogP contribution in [0, 0.1) is 0 Å². The number of likely N-dealkylation sites (tertiary alicyclic amines) is 1. The summed E-state index contributed by atoms with van der Waals surface area (Å²) in [4.78, 5) is 74.7. The Morgan fingerprint density at radius 1 is 1.15 bits per heavy atom. The van der Waals surface area contributed by atoms with Crippen LogP contribution in [0.5, 0.6) is 5.75 Å². The van der Waals surface area contributed by atoms with Crippen LogP contribution in [-0.2, 0) is 25.6 Å². The normalized spacial score (nSPS) is 20.7. The Labute approximate surface area is 232 Å². The molecule has 0 spiro atoms. The van der Waals surface area contributed by atoms with Gasteiger partial charge in [-0.25, -0.2) is 4.98 Å². The van der Waals surface area contributed by atoms with Crippen molar-refractivity contribution in [2.24, 2.45) is 0 Å². The van der Waals surface area contributed by atoms with E-state index in [-0.39, 0.29) is 49.9 Å². The Hall–Kier alpha value is -4.42. The molecule has 1 fully saturated rings. The van der Waals surface area contributed by atoms with E-state index in [2.05, 4.69) is 25.9 Å². The van der Waals surface area contributed by atoms with Gasteiger partial charge in [0.2, 0.25) is 23.6 Å². The summed E-state index contributed by atoms with van der Waals surface area (Å²) in [5.74, 6) is -1.62. The number of para-hydroxylation sites is 1. The van der Waals surface area contributed by atoms with Gasteiger partial charge in [-0.2, -0.15) is 0 Å². The number of carbonyl (C=O) groups excluding carboxylic acids is 5. The summed E-state index contributed by atoms with van der Waals surface area (Å²) in [5, 5.41) is 8.14. The molecule has 2 aromatic rings. The first kappa shape index (κ1) is 28.6. The minimum atomic E-state index is -1.21. The lowest BCUT2D eigenvalue weighted by Gasteiger charge is -2.26. The molecule has 0 bridgehead atoms. The quantitative estimate of drug-likeness (QED) is 0.339. The number of nitrogens with zero attached hydrogens (tertiary/aromatic N) is 3. The number of carbonyl (C=O) groups is 5. The molecule has 2 atom stereocenters. The van der Waals surface area contributed by atoms with Crippen molar-refractivity contribution in [2.75, 3.05) is 39.8 Å². The highest BCUT2D eigenvalue weighted by molar-refractivity contribution is 6.01. The summed E-state index contributed by atoms with van der Waals surface area (Å²) in [5.41, 5.74) is 0.855. The van der Waals surface area contributed by atoms with Gasteiger partial charge in [-0.3, -0.25) is 24.0 Å². The summed E-state index contributed by atoms with van der Waals surface area (Å²) in [6.07, 6.45) is 4.73. The first-order valence-electron chi connectivity index (χ1n) is 13.4. The van der Waals surface area contributed by atoms with Crippen LogP contribution in [-0.4, -0.2) is 101 Å². The number of aromatic amines is 1. The van der Waals surface area contributed by atoms with E-state index in [4.69, 9.17) is 4.74 Å². The molecule has 2 aliphatic rings. The zero-order valence-electron chi connectivity index (χ0n) is 22.5. The molecule has 1 saturated heterocycles. The van der Waals surface area contributed by atoms with Gasteiger partial charge in [-0.15, -0.1) is 0 Å². The number of ether oxygens (including phenoxy) is 1. The van der Waals surface area contributed by atoms with Crippen LogP contribution in [0.25, 0.3) is 0 Å². The van der Waals surface area contributed by atoms with Gasteiger partial charge < -0.3 is 35.5 Å². The maximum Gasteiger partial charge on any atom is 0.255 e. The fraction of sp³-hybridized carbons (Fsp3) is 0.481. The molecule has 5 amide bonds. The molecular weight excluding hydrogens is 518 g/mol. The Morgan fingerprint density at radius 3 is 2.73 bits per heavy atom. The van der Waals surface area contributed by atoms with E-state index in [9.17, 15) is 24.0 Å². The van der Waals surface area contributed by atoms with E-state index in [0.717, 1.165) is 6.42 Å². The van der Waals surface area contributed by atoms with Gasteiger partial charge in [0, 0.05) is 51.4 Å². The number of fused-ring (bicyclic) bond motifs is 1. The average molecular weight is 554 g/mol. The van der Waals surface area contributed by atoms with Gasteiger partial charge in [0.1, 0.15) is 24.4 Å². The summed E-state index contributed by atoms with van der Waals surface area (Å²) in [6.45, 7) is 1.83. The third-order valence-corrected chi connectivity index (χ3v) is 6.89. The molecule has 4 rings (SSSR count). The van der Waals surface area contributed by atoms with Crippen LogP contribution < -0.4 is 20.7 Å². The topological polar surface area (TPSA) is 166 Å². The molecule has 13 heteroatoms. The average Bonchev–Trinajstić information content (AvgIpc) is 3.61. The van der Waals surface area contributed by atoms with Crippen molar-refractivity contribution in [1.29, 1.82) is 0 Å². The predicted octanol–water partition coefficient (Wildman–Crippen LogP) is -0.395. The fourth-order valence-electron chi connectivity index (χ4n) is 4.69. The molecule has 1 aromatic carbocycles. The van der Waals surface area contributed by atoms with Crippen molar-refractivity contribution < 1.29 is 28.7 Å². The zero-order chi connectivity index (χ0) is 28.5. The summed E-state index contributed by atoms with van der Waals surface area (Å²) >= 11 is 0. The largest absolute Gasteiger partial charge is 0.491 e. The van der Waals surface area contributed by atoms with Gasteiger partial charge >= 0.3 is 0 Å². The second-order valence-corrected chi connectivity index (χ2v) is 9.86. The lowest BCUT2D eigenvalue weighted by atomic mass is 10.1. The Bertz CT molecular complexity index is 1220. The van der Waals surface area contributed by atoms with Crippen molar-refractivity contribution in [2.45, 2.75) is 44.2 Å². The maximum atomic E-state index is 13.3. The zero-order valence-corrected chi connectivity index (χ0v) is 22.5. The number of likely N-dealkylation sites (N-methyl/N-ethyl adjacent to an activating group) is 1. The number of nitrogens with one attached hydrogen (secondary N) is 4. The lowest BCUT2D eigenvalue weighted by Crippen LogP contribution is -2.53. The van der Waals surface area contributed by atoms with Crippen LogP contribution in [0.15, 0.2) is 36.8 Å². The molecule has 0 aliphatic carbocycles. The van der Waals surface area contributed by atoms with Crippen LogP contribution in [0.4, 0.5) is 0 Å². The van der Waals surface area contributed by atoms with Gasteiger partial charge in [0.05, 0.1) is 24.9 Å². The molecule has 0 radical (unpaired) electrons. The molecule has 0 saturated carbocycles. The number of amides is 5. The predicted molar refractivity (Wildman–Crippen MR) is 143 cm³/mol. The van der Waals surface area contributed by atoms with E-state index < -0.39 is 29.8 Å². The number of hydrogen-bond acceptors (Lipinski definition) is 7. The van der Waals surface area contributed by atoms with Crippen LogP contribution >= 0.6 is 0 Å². The molecule has 1 aromatic heterocycles. The third-order valence-electron chi connectivity index (χ3n) is 6.89. The summed E-state index contributed by atoms with van der Waals surface area (Å²) < 4.78 is 5.83. The number of imidazole rings is 1. The SMILES string of the molecule is CN1CCOc2ccccc2C(=O)N[C@H](C(=O)NCCCN2CCCC2=O)CC(=O)N[C@@H](Cc2cnc[nH]2)C1=O. The van der Waals surface area contributed by atoms with Crippen molar-refractivity contribution in [1.82, 2.24) is 35.7 Å². The monoisotopic (exact) mass is 553 g/mol. The highest BCUT2D eigenvalue weighted by Crippen LogP contribution is 2.19. The van der Waals surface area contributed by atoms with Gasteiger partial charge in [-0.1, -0.05) is 12.1 Å². The maximum absolute atomic E-state index is 13.3. The van der Waals surface area contributed by atoms with Gasteiger partial charge in [0.25, 0.3) is 5.91 Å². The highest BCUT2D eigenvalue weighted by Gasteiger charge is 2.30. The van der Waals surface area contributed by atoms with Gasteiger partial charge in [0.15, 0.2) is 0 Å². The number of hydrogen-bond donors (Lipinski definition) is 4.